The van der Waals surface area contributed by atoms with Crippen molar-refractivity contribution >= 4 is 5.82 Å². The van der Waals surface area contributed by atoms with Gasteiger partial charge in [-0.3, -0.25) is 0 Å². The van der Waals surface area contributed by atoms with Gasteiger partial charge in [0.25, 0.3) is 0 Å². The third-order valence-electron chi connectivity index (χ3n) is 3.90. The SMILES string of the molecule is COc1cccc(C(Nc2ncccc2C)c2cccc(F)c2)c1. The number of aromatic nitrogens is 1. The number of halogens is 1. The van der Waals surface area contributed by atoms with Crippen LogP contribution < -0.4 is 10.1 Å². The molecule has 0 aliphatic rings. The molecule has 0 bridgehead atoms. The molecular weight excluding hydrogens is 303 g/mol. The van der Waals surface area contributed by atoms with Gasteiger partial charge in [0.1, 0.15) is 17.4 Å². The van der Waals surface area contributed by atoms with E-state index in [4.69, 9.17) is 4.74 Å². The first-order valence-electron chi connectivity index (χ1n) is 7.75. The van der Waals surface area contributed by atoms with Crippen molar-refractivity contribution in [2.24, 2.45) is 0 Å². The van der Waals surface area contributed by atoms with Gasteiger partial charge in [0, 0.05) is 6.20 Å². The quantitative estimate of drug-likeness (QED) is 0.737. The number of ether oxygens (including phenoxy) is 1. The zero-order valence-electron chi connectivity index (χ0n) is 13.7. The molecule has 2 aromatic carbocycles. The van der Waals surface area contributed by atoms with Crippen LogP contribution in [0.4, 0.5) is 10.2 Å². The number of hydrogen-bond acceptors (Lipinski definition) is 3. The molecule has 3 aromatic rings. The maximum Gasteiger partial charge on any atom is 0.129 e. The zero-order valence-corrected chi connectivity index (χ0v) is 13.7. The van der Waals surface area contributed by atoms with Crippen LogP contribution in [0.1, 0.15) is 22.7 Å². The van der Waals surface area contributed by atoms with Crippen LogP contribution in [0.25, 0.3) is 0 Å². The second kappa shape index (κ2) is 7.13. The lowest BCUT2D eigenvalue weighted by Gasteiger charge is -2.22. The van der Waals surface area contributed by atoms with Gasteiger partial charge in [-0.15, -0.1) is 0 Å². The third kappa shape index (κ3) is 3.54. The van der Waals surface area contributed by atoms with Crippen molar-refractivity contribution in [2.45, 2.75) is 13.0 Å². The molecule has 1 aromatic heterocycles. The summed E-state index contributed by atoms with van der Waals surface area (Å²) in [5.41, 5.74) is 2.83. The molecule has 1 atom stereocenters. The predicted molar refractivity (Wildman–Crippen MR) is 93.8 cm³/mol. The molecule has 0 spiro atoms. The molecule has 24 heavy (non-hydrogen) atoms. The van der Waals surface area contributed by atoms with Gasteiger partial charge < -0.3 is 10.1 Å². The van der Waals surface area contributed by atoms with Gasteiger partial charge in [-0.25, -0.2) is 9.37 Å². The van der Waals surface area contributed by atoms with Crippen LogP contribution in [0.5, 0.6) is 5.75 Å². The molecular formula is C20H19FN2O. The molecule has 0 aliphatic carbocycles. The fourth-order valence-corrected chi connectivity index (χ4v) is 2.64. The van der Waals surface area contributed by atoms with Crippen LogP contribution in [0.3, 0.4) is 0 Å². The Bertz CT molecular complexity index is 835. The van der Waals surface area contributed by atoms with Crippen molar-refractivity contribution in [1.82, 2.24) is 4.98 Å². The molecule has 0 amide bonds. The van der Waals surface area contributed by atoms with E-state index >= 15 is 0 Å². The molecule has 0 fully saturated rings. The van der Waals surface area contributed by atoms with E-state index in [0.717, 1.165) is 28.3 Å². The molecule has 3 nitrogen and oxygen atoms in total. The molecule has 0 saturated carbocycles. The van der Waals surface area contributed by atoms with E-state index in [1.165, 1.54) is 12.1 Å². The largest absolute Gasteiger partial charge is 0.497 e. The lowest BCUT2D eigenvalue weighted by Crippen LogP contribution is -2.14. The monoisotopic (exact) mass is 322 g/mol. The first-order chi connectivity index (χ1) is 11.7. The highest BCUT2D eigenvalue weighted by molar-refractivity contribution is 5.49. The van der Waals surface area contributed by atoms with Crippen LogP contribution in [0.15, 0.2) is 66.9 Å². The average molecular weight is 322 g/mol. The second-order valence-electron chi connectivity index (χ2n) is 5.58. The average Bonchev–Trinajstić information content (AvgIpc) is 2.61. The number of pyridine rings is 1. The molecule has 1 unspecified atom stereocenters. The van der Waals surface area contributed by atoms with Crippen LogP contribution in [-0.4, -0.2) is 12.1 Å². The highest BCUT2D eigenvalue weighted by atomic mass is 19.1. The van der Waals surface area contributed by atoms with E-state index in [1.54, 1.807) is 19.4 Å². The van der Waals surface area contributed by atoms with Gasteiger partial charge in [-0.1, -0.05) is 30.3 Å². The second-order valence-corrected chi connectivity index (χ2v) is 5.58. The summed E-state index contributed by atoms with van der Waals surface area (Å²) in [6.07, 6.45) is 1.74. The number of anilines is 1. The minimum Gasteiger partial charge on any atom is -0.497 e. The van der Waals surface area contributed by atoms with E-state index in [-0.39, 0.29) is 11.9 Å². The Hall–Kier alpha value is -2.88. The summed E-state index contributed by atoms with van der Waals surface area (Å²) < 4.78 is 19.1. The van der Waals surface area contributed by atoms with E-state index in [9.17, 15) is 4.39 Å². The Balaban J connectivity index is 2.05. The smallest absolute Gasteiger partial charge is 0.129 e. The summed E-state index contributed by atoms with van der Waals surface area (Å²) in [4.78, 5) is 4.40. The minimum atomic E-state index is -0.264. The lowest BCUT2D eigenvalue weighted by atomic mass is 9.98. The Morgan fingerprint density at radius 1 is 1.00 bits per heavy atom. The summed E-state index contributed by atoms with van der Waals surface area (Å²) in [7, 11) is 1.63. The van der Waals surface area contributed by atoms with Crippen LogP contribution in [-0.2, 0) is 0 Å². The number of nitrogens with one attached hydrogen (secondary N) is 1. The minimum absolute atomic E-state index is 0.232. The Morgan fingerprint density at radius 3 is 2.46 bits per heavy atom. The summed E-state index contributed by atoms with van der Waals surface area (Å²) in [6, 6.07) is 18.0. The number of benzene rings is 2. The van der Waals surface area contributed by atoms with Gasteiger partial charge in [-0.05, 0) is 53.9 Å². The number of methoxy groups -OCH3 is 1. The van der Waals surface area contributed by atoms with Crippen LogP contribution >= 0.6 is 0 Å². The molecule has 1 N–H and O–H groups in total. The summed E-state index contributed by atoms with van der Waals surface area (Å²) in [6.45, 7) is 1.99. The number of aryl methyl sites for hydroxylation is 1. The first-order valence-corrected chi connectivity index (χ1v) is 7.75. The molecule has 122 valence electrons. The number of nitrogens with zero attached hydrogens (tertiary/aromatic N) is 1. The summed E-state index contributed by atoms with van der Waals surface area (Å²) in [5.74, 6) is 1.27. The highest BCUT2D eigenvalue weighted by Crippen LogP contribution is 2.29. The molecule has 0 radical (unpaired) electrons. The molecule has 1 heterocycles. The maximum atomic E-state index is 13.7. The van der Waals surface area contributed by atoms with Crippen molar-refractivity contribution in [2.75, 3.05) is 12.4 Å². The predicted octanol–water partition coefficient (Wildman–Crippen LogP) is 4.74. The molecule has 0 saturated heterocycles. The van der Waals surface area contributed by atoms with Gasteiger partial charge in [0.2, 0.25) is 0 Å². The fourth-order valence-electron chi connectivity index (χ4n) is 2.64. The highest BCUT2D eigenvalue weighted by Gasteiger charge is 2.17. The summed E-state index contributed by atoms with van der Waals surface area (Å²) >= 11 is 0. The fraction of sp³-hybridized carbons (Fsp3) is 0.150. The maximum absolute atomic E-state index is 13.7. The molecule has 3 rings (SSSR count). The van der Waals surface area contributed by atoms with Crippen LogP contribution in [0.2, 0.25) is 0 Å². The number of hydrogen-bond donors (Lipinski definition) is 1. The first kappa shape index (κ1) is 16.0. The van der Waals surface area contributed by atoms with Crippen molar-refractivity contribution in [1.29, 1.82) is 0 Å². The zero-order chi connectivity index (χ0) is 16.9. The van der Waals surface area contributed by atoms with Crippen molar-refractivity contribution < 1.29 is 9.13 Å². The lowest BCUT2D eigenvalue weighted by molar-refractivity contribution is 0.414. The normalized spacial score (nSPS) is 11.8. The summed E-state index contributed by atoms with van der Waals surface area (Å²) in [5, 5.41) is 3.43. The van der Waals surface area contributed by atoms with Crippen molar-refractivity contribution in [3.8, 4) is 5.75 Å². The van der Waals surface area contributed by atoms with Crippen LogP contribution in [0, 0.1) is 12.7 Å². The van der Waals surface area contributed by atoms with Gasteiger partial charge in [0.05, 0.1) is 13.2 Å². The van der Waals surface area contributed by atoms with E-state index < -0.39 is 0 Å². The third-order valence-corrected chi connectivity index (χ3v) is 3.90. The number of rotatable bonds is 5. The standard InChI is InChI=1S/C20H19FN2O/c1-14-6-5-11-22-20(14)23-19(15-7-3-9-17(21)12-15)16-8-4-10-18(13-16)24-2/h3-13,19H,1-2H3,(H,22,23). The Kier molecular flexibility index (Phi) is 4.75. The Labute approximate surface area is 141 Å². The van der Waals surface area contributed by atoms with Crippen molar-refractivity contribution in [3.63, 3.8) is 0 Å². The molecule has 4 heteroatoms. The van der Waals surface area contributed by atoms with Crippen molar-refractivity contribution in [3.05, 3.63) is 89.4 Å². The topological polar surface area (TPSA) is 34.1 Å². The molecule has 0 aliphatic heterocycles. The van der Waals surface area contributed by atoms with E-state index in [0.29, 0.717) is 0 Å². The van der Waals surface area contributed by atoms with E-state index in [2.05, 4.69) is 10.3 Å². The Morgan fingerprint density at radius 2 is 1.75 bits per heavy atom. The van der Waals surface area contributed by atoms with E-state index in [1.807, 2.05) is 49.4 Å². The van der Waals surface area contributed by atoms with Gasteiger partial charge in [-0.2, -0.15) is 0 Å². The van der Waals surface area contributed by atoms with Gasteiger partial charge in [0.15, 0.2) is 0 Å². The van der Waals surface area contributed by atoms with Gasteiger partial charge >= 0.3 is 0 Å².